The molecule has 2 N–H and O–H groups in total. The second-order valence-electron chi connectivity index (χ2n) is 12.0. The van der Waals surface area contributed by atoms with Gasteiger partial charge < -0.3 is 24.4 Å². The SMILES string of the molecule is COc1ccc(C2(SC)COc3cc(OC)ccc3C2CCCCCCCCC(CCCC(F)(F)C(F)(F)F)(C(=O)O)C(=O)O)cc1. The van der Waals surface area contributed by atoms with Crippen LogP contribution in [0.5, 0.6) is 17.2 Å². The number of ether oxygens (including phenoxy) is 3. The van der Waals surface area contributed by atoms with Gasteiger partial charge in [0, 0.05) is 18.4 Å². The number of benzene rings is 2. The summed E-state index contributed by atoms with van der Waals surface area (Å²) >= 11 is 1.74. The van der Waals surface area contributed by atoms with Crippen LogP contribution in [0.2, 0.25) is 0 Å². The summed E-state index contributed by atoms with van der Waals surface area (Å²) in [5.74, 6) is -6.10. The minimum absolute atomic E-state index is 0.122. The summed E-state index contributed by atoms with van der Waals surface area (Å²) in [6, 6.07) is 13.9. The highest BCUT2D eigenvalue weighted by Gasteiger charge is 2.57. The van der Waals surface area contributed by atoms with E-state index in [9.17, 15) is 41.8 Å². The topological polar surface area (TPSA) is 102 Å². The molecule has 2 unspecified atom stereocenters. The Morgan fingerprint density at radius 1 is 0.830 bits per heavy atom. The number of rotatable bonds is 19. The summed E-state index contributed by atoms with van der Waals surface area (Å²) in [5.41, 5.74) is -0.197. The van der Waals surface area contributed by atoms with E-state index < -0.39 is 48.7 Å². The maximum Gasteiger partial charge on any atom is 0.453 e. The molecule has 0 radical (unpaired) electrons. The second kappa shape index (κ2) is 16.3. The first-order valence-electron chi connectivity index (χ1n) is 15.6. The lowest BCUT2D eigenvalue weighted by molar-refractivity contribution is -0.284. The van der Waals surface area contributed by atoms with E-state index in [1.165, 1.54) is 0 Å². The molecule has 7 nitrogen and oxygen atoms in total. The monoisotopic (exact) mass is 690 g/mol. The number of hydrogen-bond donors (Lipinski definition) is 2. The van der Waals surface area contributed by atoms with Crippen LogP contribution >= 0.6 is 11.8 Å². The Balaban J connectivity index is 1.59. The van der Waals surface area contributed by atoms with Crippen molar-refractivity contribution in [1.29, 1.82) is 0 Å². The molecular weight excluding hydrogens is 647 g/mol. The van der Waals surface area contributed by atoms with Gasteiger partial charge in [-0.05, 0) is 61.3 Å². The van der Waals surface area contributed by atoms with Crippen LogP contribution in [0.4, 0.5) is 22.0 Å². The first-order valence-corrected chi connectivity index (χ1v) is 16.8. The van der Waals surface area contributed by atoms with Crippen molar-refractivity contribution < 1.29 is 56.0 Å². The molecule has 0 fully saturated rings. The lowest BCUT2D eigenvalue weighted by Crippen LogP contribution is -2.41. The number of fused-ring (bicyclic) bond motifs is 1. The van der Waals surface area contributed by atoms with E-state index in [1.807, 2.05) is 30.3 Å². The largest absolute Gasteiger partial charge is 0.497 e. The highest BCUT2D eigenvalue weighted by Crippen LogP contribution is 2.55. The predicted molar refractivity (Wildman–Crippen MR) is 169 cm³/mol. The molecule has 0 spiro atoms. The summed E-state index contributed by atoms with van der Waals surface area (Å²) in [4.78, 5) is 23.8. The number of carboxylic acid groups (broad SMARTS) is 2. The molecular formula is C34H43F5O7S. The van der Waals surface area contributed by atoms with E-state index in [4.69, 9.17) is 14.2 Å². The summed E-state index contributed by atoms with van der Waals surface area (Å²) in [5, 5.41) is 19.3. The van der Waals surface area contributed by atoms with Gasteiger partial charge in [0.15, 0.2) is 5.41 Å². The van der Waals surface area contributed by atoms with Crippen LogP contribution in [0, 0.1) is 5.41 Å². The average molecular weight is 691 g/mol. The maximum atomic E-state index is 13.3. The molecule has 0 amide bonds. The van der Waals surface area contributed by atoms with Crippen molar-refractivity contribution in [1.82, 2.24) is 0 Å². The number of unbranched alkanes of at least 4 members (excludes halogenated alkanes) is 5. The van der Waals surface area contributed by atoms with Crippen LogP contribution in [-0.4, -0.2) is 61.3 Å². The first kappa shape index (κ1) is 38.2. The lowest BCUT2D eigenvalue weighted by Gasteiger charge is -2.44. The Labute approximate surface area is 276 Å². The summed E-state index contributed by atoms with van der Waals surface area (Å²) < 4.78 is 80.9. The van der Waals surface area contributed by atoms with Gasteiger partial charge in [0.25, 0.3) is 0 Å². The quantitative estimate of drug-likeness (QED) is 0.0856. The number of carbonyl (C=O) groups is 2. The number of thioether (sulfide) groups is 1. The molecule has 0 saturated heterocycles. The molecule has 3 rings (SSSR count). The minimum atomic E-state index is -5.78. The Hall–Kier alpha value is -3.22. The number of halogens is 5. The summed E-state index contributed by atoms with van der Waals surface area (Å²) in [6.07, 6.45) is -2.63. The zero-order valence-corrected chi connectivity index (χ0v) is 27.7. The van der Waals surface area contributed by atoms with E-state index >= 15 is 0 Å². The van der Waals surface area contributed by atoms with Gasteiger partial charge in [-0.25, -0.2) is 0 Å². The van der Waals surface area contributed by atoms with Crippen LogP contribution in [0.15, 0.2) is 42.5 Å². The minimum Gasteiger partial charge on any atom is -0.497 e. The number of alkyl halides is 5. The van der Waals surface area contributed by atoms with Crippen molar-refractivity contribution in [2.75, 3.05) is 27.1 Å². The zero-order chi connectivity index (χ0) is 34.9. The van der Waals surface area contributed by atoms with Gasteiger partial charge in [-0.1, -0.05) is 56.7 Å². The fourth-order valence-corrected chi connectivity index (χ4v) is 7.42. The van der Waals surface area contributed by atoms with Gasteiger partial charge in [-0.2, -0.15) is 22.0 Å². The van der Waals surface area contributed by atoms with Crippen molar-refractivity contribution >= 4 is 23.7 Å². The van der Waals surface area contributed by atoms with E-state index in [0.29, 0.717) is 25.2 Å². The molecule has 1 aliphatic heterocycles. The molecule has 2 atom stereocenters. The molecule has 1 aliphatic rings. The van der Waals surface area contributed by atoms with Crippen LogP contribution in [0.25, 0.3) is 0 Å². The van der Waals surface area contributed by atoms with Gasteiger partial charge >= 0.3 is 24.0 Å². The zero-order valence-electron chi connectivity index (χ0n) is 26.8. The van der Waals surface area contributed by atoms with E-state index in [0.717, 1.165) is 48.3 Å². The van der Waals surface area contributed by atoms with E-state index in [1.54, 1.807) is 26.0 Å². The number of hydrogen-bond acceptors (Lipinski definition) is 6. The lowest BCUT2D eigenvalue weighted by atomic mass is 9.76. The third kappa shape index (κ3) is 8.83. The maximum absolute atomic E-state index is 13.3. The molecule has 2 aromatic rings. The van der Waals surface area contributed by atoms with Crippen molar-refractivity contribution in [3.63, 3.8) is 0 Å². The Morgan fingerprint density at radius 2 is 1.38 bits per heavy atom. The summed E-state index contributed by atoms with van der Waals surface area (Å²) in [7, 11) is 3.23. The predicted octanol–water partition coefficient (Wildman–Crippen LogP) is 9.08. The van der Waals surface area contributed by atoms with Crippen molar-refractivity contribution in [3.05, 3.63) is 53.6 Å². The molecule has 2 aromatic carbocycles. The van der Waals surface area contributed by atoms with Crippen molar-refractivity contribution in [3.8, 4) is 17.2 Å². The number of carboxylic acids is 2. The highest BCUT2D eigenvalue weighted by molar-refractivity contribution is 7.99. The number of aliphatic carboxylic acids is 2. The van der Waals surface area contributed by atoms with Gasteiger partial charge in [0.2, 0.25) is 0 Å². The Kier molecular flexibility index (Phi) is 13.2. The van der Waals surface area contributed by atoms with Crippen molar-refractivity contribution in [2.24, 2.45) is 5.41 Å². The second-order valence-corrected chi connectivity index (χ2v) is 13.1. The molecule has 0 bridgehead atoms. The molecule has 0 aromatic heterocycles. The van der Waals surface area contributed by atoms with Gasteiger partial charge in [0.1, 0.15) is 23.9 Å². The molecule has 1 heterocycles. The third-order valence-electron chi connectivity index (χ3n) is 9.22. The van der Waals surface area contributed by atoms with Gasteiger partial charge in [0.05, 0.1) is 19.0 Å². The standard InChI is InChI=1S/C34H43F5O7S/c1-44-24-14-12-23(13-15-24)32(47-3)22-46-28-21-25(45-2)16-17-26(28)27(32)11-8-6-4-5-7-9-18-31(29(40)41,30(42)43)19-10-20-33(35,36)34(37,38)39/h12-17,21,27H,4-11,18-20,22H2,1-3H3,(H,40,41)(H,42,43). The fourth-order valence-electron chi connectivity index (χ4n) is 6.34. The van der Waals surface area contributed by atoms with Crippen molar-refractivity contribution in [2.45, 2.75) is 93.4 Å². The normalized spacial score (nSPS) is 18.3. The summed E-state index contributed by atoms with van der Waals surface area (Å²) in [6.45, 7) is 0.466. The van der Waals surface area contributed by atoms with Crippen LogP contribution in [0.3, 0.4) is 0 Å². The Bertz CT molecular complexity index is 1320. The molecule has 0 aliphatic carbocycles. The number of methoxy groups -OCH3 is 2. The van der Waals surface area contributed by atoms with E-state index in [2.05, 4.69) is 18.4 Å². The fraction of sp³-hybridized carbons (Fsp3) is 0.588. The average Bonchev–Trinajstić information content (AvgIpc) is 3.03. The third-order valence-corrected chi connectivity index (χ3v) is 10.6. The van der Waals surface area contributed by atoms with Crippen LogP contribution in [0.1, 0.15) is 87.7 Å². The Morgan fingerprint density at radius 3 is 1.94 bits per heavy atom. The van der Waals surface area contributed by atoms with Crippen LogP contribution < -0.4 is 14.2 Å². The molecule has 13 heteroatoms. The van der Waals surface area contributed by atoms with Gasteiger partial charge in [-0.3, -0.25) is 9.59 Å². The van der Waals surface area contributed by atoms with E-state index in [-0.39, 0.29) is 23.5 Å². The smallest absolute Gasteiger partial charge is 0.453 e. The van der Waals surface area contributed by atoms with Gasteiger partial charge in [-0.15, -0.1) is 11.8 Å². The van der Waals surface area contributed by atoms with Crippen LogP contribution in [-0.2, 0) is 14.3 Å². The molecule has 262 valence electrons. The highest BCUT2D eigenvalue weighted by atomic mass is 32.2. The first-order chi connectivity index (χ1) is 22.2. The molecule has 47 heavy (non-hydrogen) atoms. The molecule has 0 saturated carbocycles.